The zero-order valence-corrected chi connectivity index (χ0v) is 10.1. The van der Waals surface area contributed by atoms with Gasteiger partial charge >= 0.3 is 5.97 Å². The second-order valence-corrected chi connectivity index (χ2v) is 4.79. The lowest BCUT2D eigenvalue weighted by Gasteiger charge is -2.09. The first kappa shape index (κ1) is 11.8. The van der Waals surface area contributed by atoms with Gasteiger partial charge in [-0.2, -0.15) is 0 Å². The molecule has 0 aliphatic carbocycles. The number of benzene rings is 2. The molecule has 17 heavy (non-hydrogen) atoms. The smallest absolute Gasteiger partial charge is 0.313 e. The van der Waals surface area contributed by atoms with Crippen LogP contribution < -0.4 is 0 Å². The van der Waals surface area contributed by atoms with E-state index in [4.69, 9.17) is 5.11 Å². The van der Waals surface area contributed by atoms with Crippen LogP contribution in [0.5, 0.6) is 5.75 Å². The minimum atomic E-state index is -0.889. The number of carbonyl (C=O) groups is 1. The van der Waals surface area contributed by atoms with Crippen LogP contribution in [0.3, 0.4) is 0 Å². The molecule has 0 saturated heterocycles. The summed E-state index contributed by atoms with van der Waals surface area (Å²) in [6.45, 7) is 1.95. The number of fused-ring (bicyclic) bond motifs is 1. The number of carboxylic acid groups (broad SMARTS) is 1. The van der Waals surface area contributed by atoms with Crippen molar-refractivity contribution in [2.75, 3.05) is 5.75 Å². The van der Waals surface area contributed by atoms with Crippen molar-refractivity contribution in [1.82, 2.24) is 0 Å². The van der Waals surface area contributed by atoms with Crippen molar-refractivity contribution in [2.45, 2.75) is 11.8 Å². The highest BCUT2D eigenvalue weighted by Crippen LogP contribution is 2.37. The fourth-order valence-electron chi connectivity index (χ4n) is 1.76. The molecule has 0 fully saturated rings. The van der Waals surface area contributed by atoms with Gasteiger partial charge in [-0.25, -0.2) is 0 Å². The molecule has 0 aliphatic heterocycles. The van der Waals surface area contributed by atoms with Gasteiger partial charge < -0.3 is 10.2 Å². The summed E-state index contributed by atoms with van der Waals surface area (Å²) in [5, 5.41) is 20.5. The van der Waals surface area contributed by atoms with Crippen LogP contribution in [0.1, 0.15) is 5.56 Å². The van der Waals surface area contributed by atoms with Gasteiger partial charge in [0.1, 0.15) is 5.75 Å². The molecule has 2 rings (SSSR count). The highest BCUT2D eigenvalue weighted by molar-refractivity contribution is 8.00. The van der Waals surface area contributed by atoms with Crippen LogP contribution in [0.25, 0.3) is 10.8 Å². The lowest BCUT2D eigenvalue weighted by Crippen LogP contribution is -1.97. The molecule has 88 valence electrons. The van der Waals surface area contributed by atoms with E-state index in [1.54, 1.807) is 0 Å². The third kappa shape index (κ3) is 2.36. The van der Waals surface area contributed by atoms with E-state index in [0.717, 1.165) is 28.1 Å². The third-order valence-electron chi connectivity index (χ3n) is 2.54. The Hall–Kier alpha value is -1.68. The summed E-state index contributed by atoms with van der Waals surface area (Å²) >= 11 is 1.13. The summed E-state index contributed by atoms with van der Waals surface area (Å²) in [4.78, 5) is 11.1. The zero-order valence-electron chi connectivity index (χ0n) is 9.30. The third-order valence-corrected chi connectivity index (χ3v) is 3.55. The number of aryl methyl sites for hydroxylation is 1. The average molecular weight is 248 g/mol. The van der Waals surface area contributed by atoms with Gasteiger partial charge in [0.05, 0.1) is 10.6 Å². The van der Waals surface area contributed by atoms with Gasteiger partial charge in [-0.15, -0.1) is 11.8 Å². The van der Waals surface area contributed by atoms with Gasteiger partial charge in [-0.05, 0) is 23.9 Å². The normalized spacial score (nSPS) is 10.6. The Bertz CT molecular complexity index is 578. The predicted molar refractivity (Wildman–Crippen MR) is 68.7 cm³/mol. The van der Waals surface area contributed by atoms with Crippen molar-refractivity contribution in [3.63, 3.8) is 0 Å². The Labute approximate surface area is 103 Å². The molecular formula is C13H12O3S. The Morgan fingerprint density at radius 3 is 2.59 bits per heavy atom. The summed E-state index contributed by atoms with van der Waals surface area (Å²) in [7, 11) is 0. The number of thioether (sulfide) groups is 1. The molecule has 2 N–H and O–H groups in total. The van der Waals surface area contributed by atoms with E-state index in [-0.39, 0.29) is 11.5 Å². The van der Waals surface area contributed by atoms with Crippen molar-refractivity contribution in [2.24, 2.45) is 0 Å². The quantitative estimate of drug-likeness (QED) is 0.820. The van der Waals surface area contributed by atoms with Gasteiger partial charge in [0.25, 0.3) is 0 Å². The number of phenolic OH excluding ortho intramolecular Hbond substituents is 1. The lowest BCUT2D eigenvalue weighted by molar-refractivity contribution is -0.133. The topological polar surface area (TPSA) is 57.5 Å². The first-order valence-corrected chi connectivity index (χ1v) is 6.14. The van der Waals surface area contributed by atoms with Crippen molar-refractivity contribution in [3.05, 3.63) is 35.9 Å². The van der Waals surface area contributed by atoms with Gasteiger partial charge in [0, 0.05) is 5.39 Å². The number of aromatic hydroxyl groups is 1. The molecule has 0 aliphatic rings. The Balaban J connectivity index is 2.51. The molecule has 0 unspecified atom stereocenters. The van der Waals surface area contributed by atoms with E-state index >= 15 is 0 Å². The van der Waals surface area contributed by atoms with E-state index in [0.29, 0.717) is 4.90 Å². The van der Waals surface area contributed by atoms with Crippen LogP contribution in [0, 0.1) is 6.92 Å². The molecule has 3 nitrogen and oxygen atoms in total. The molecule has 0 aromatic heterocycles. The number of phenols is 1. The van der Waals surface area contributed by atoms with Crippen molar-refractivity contribution in [1.29, 1.82) is 0 Å². The summed E-state index contributed by atoms with van der Waals surface area (Å²) in [6, 6.07) is 9.37. The van der Waals surface area contributed by atoms with Gasteiger partial charge in [-0.3, -0.25) is 4.79 Å². The molecule has 0 heterocycles. The van der Waals surface area contributed by atoms with Crippen LogP contribution in [0.15, 0.2) is 35.2 Å². The molecule has 2 aromatic rings. The zero-order chi connectivity index (χ0) is 12.4. The van der Waals surface area contributed by atoms with Gasteiger partial charge in [0.15, 0.2) is 0 Å². The summed E-state index contributed by atoms with van der Waals surface area (Å²) < 4.78 is 0. The summed E-state index contributed by atoms with van der Waals surface area (Å²) in [5.41, 5.74) is 1.03. The SMILES string of the molecule is Cc1cc(SCC(=O)O)c(O)c2ccccc12. The van der Waals surface area contributed by atoms with Crippen molar-refractivity contribution >= 4 is 28.5 Å². The van der Waals surface area contributed by atoms with Crippen LogP contribution in [-0.2, 0) is 4.79 Å². The van der Waals surface area contributed by atoms with E-state index in [1.165, 1.54) is 0 Å². The maximum Gasteiger partial charge on any atom is 0.313 e. The minimum Gasteiger partial charge on any atom is -0.506 e. The fourth-order valence-corrected chi connectivity index (χ4v) is 2.54. The first-order valence-electron chi connectivity index (χ1n) is 5.15. The minimum absolute atomic E-state index is 0.0503. The van der Waals surface area contributed by atoms with Crippen LogP contribution in [-0.4, -0.2) is 21.9 Å². The first-order chi connectivity index (χ1) is 8.09. The number of rotatable bonds is 3. The second-order valence-electron chi connectivity index (χ2n) is 3.77. The second kappa shape index (κ2) is 4.67. The molecular weight excluding hydrogens is 236 g/mol. The van der Waals surface area contributed by atoms with Crippen LogP contribution >= 0.6 is 11.8 Å². The monoisotopic (exact) mass is 248 g/mol. The van der Waals surface area contributed by atoms with Crippen LogP contribution in [0.4, 0.5) is 0 Å². The van der Waals surface area contributed by atoms with Crippen LogP contribution in [0.2, 0.25) is 0 Å². The number of carboxylic acids is 1. The molecule has 2 aromatic carbocycles. The maximum atomic E-state index is 10.5. The molecule has 4 heteroatoms. The molecule has 0 atom stereocenters. The number of hydrogen-bond donors (Lipinski definition) is 2. The number of hydrogen-bond acceptors (Lipinski definition) is 3. The van der Waals surface area contributed by atoms with Gasteiger partial charge in [-0.1, -0.05) is 24.3 Å². The summed E-state index contributed by atoms with van der Waals surface area (Å²) in [6.07, 6.45) is 0. The Morgan fingerprint density at radius 2 is 1.94 bits per heavy atom. The van der Waals surface area contributed by atoms with Gasteiger partial charge in [0.2, 0.25) is 0 Å². The molecule has 0 bridgehead atoms. The molecule has 0 saturated carbocycles. The highest BCUT2D eigenvalue weighted by Gasteiger charge is 2.10. The maximum absolute atomic E-state index is 10.5. The summed E-state index contributed by atoms with van der Waals surface area (Å²) in [5.74, 6) is -0.775. The standard InChI is InChI=1S/C13H12O3S/c1-8-6-11(17-7-12(14)15)13(16)10-5-3-2-4-9(8)10/h2-6,16H,7H2,1H3,(H,14,15). The highest BCUT2D eigenvalue weighted by atomic mass is 32.2. The fraction of sp³-hybridized carbons (Fsp3) is 0.154. The Kier molecular flexibility index (Phi) is 3.24. The van der Waals surface area contributed by atoms with Crippen molar-refractivity contribution < 1.29 is 15.0 Å². The predicted octanol–water partition coefficient (Wildman–Crippen LogP) is 3.03. The van der Waals surface area contributed by atoms with E-state index < -0.39 is 5.97 Å². The number of aliphatic carboxylic acids is 1. The molecule has 0 amide bonds. The van der Waals surface area contributed by atoms with E-state index in [9.17, 15) is 9.90 Å². The largest absolute Gasteiger partial charge is 0.506 e. The molecule has 0 radical (unpaired) electrons. The Morgan fingerprint density at radius 1 is 1.29 bits per heavy atom. The van der Waals surface area contributed by atoms with E-state index in [2.05, 4.69) is 0 Å². The average Bonchev–Trinajstić information content (AvgIpc) is 2.32. The van der Waals surface area contributed by atoms with E-state index in [1.807, 2.05) is 37.3 Å². The molecule has 0 spiro atoms. The van der Waals surface area contributed by atoms with Crippen molar-refractivity contribution in [3.8, 4) is 5.75 Å². The lowest BCUT2D eigenvalue weighted by atomic mass is 10.0.